The molecule has 0 aliphatic rings. The highest BCUT2D eigenvalue weighted by Gasteiger charge is 2.00. The van der Waals surface area contributed by atoms with Crippen LogP contribution in [0.1, 0.15) is 20.3 Å². The van der Waals surface area contributed by atoms with E-state index in [1.54, 1.807) is 5.37 Å². The summed E-state index contributed by atoms with van der Waals surface area (Å²) in [6.45, 7) is 4.24. The highest BCUT2D eigenvalue weighted by atomic mass is 32.1. The molecule has 0 aromatic rings. The van der Waals surface area contributed by atoms with E-state index in [1.807, 2.05) is 0 Å². The van der Waals surface area contributed by atoms with E-state index >= 15 is 0 Å². The number of amides is 1. The van der Waals surface area contributed by atoms with Crippen molar-refractivity contribution in [2.75, 3.05) is 6.54 Å². The van der Waals surface area contributed by atoms with Crippen LogP contribution in [0.25, 0.3) is 0 Å². The van der Waals surface area contributed by atoms with Gasteiger partial charge in [-0.15, -0.1) is 0 Å². The van der Waals surface area contributed by atoms with Crippen LogP contribution in [0.15, 0.2) is 0 Å². The Bertz CT molecular complexity index is 125. The summed E-state index contributed by atoms with van der Waals surface area (Å²) >= 11 is 4.75. The van der Waals surface area contributed by atoms with Gasteiger partial charge in [0.1, 0.15) is 0 Å². The topological polar surface area (TPSA) is 29.1 Å². The largest absolute Gasteiger partial charge is 0.356 e. The van der Waals surface area contributed by atoms with Crippen molar-refractivity contribution in [2.24, 2.45) is 5.92 Å². The van der Waals surface area contributed by atoms with Gasteiger partial charge >= 0.3 is 0 Å². The summed E-state index contributed by atoms with van der Waals surface area (Å²) in [5, 5.41) is 4.41. The van der Waals surface area contributed by atoms with E-state index in [9.17, 15) is 4.79 Å². The second-order valence-electron chi connectivity index (χ2n) is 2.24. The first kappa shape index (κ1) is 9.56. The van der Waals surface area contributed by atoms with Gasteiger partial charge in [0.05, 0.1) is 0 Å². The minimum atomic E-state index is 0.00954. The van der Waals surface area contributed by atoms with Crippen LogP contribution in [0.3, 0.4) is 0 Å². The molecule has 0 fully saturated rings. The molecule has 2 nitrogen and oxygen atoms in total. The zero-order valence-electron chi connectivity index (χ0n) is 6.39. The number of hydrogen-bond acceptors (Lipinski definition) is 2. The van der Waals surface area contributed by atoms with Gasteiger partial charge in [0.15, 0.2) is 0 Å². The minimum absolute atomic E-state index is 0.00954. The summed E-state index contributed by atoms with van der Waals surface area (Å²) in [6, 6.07) is 0. The van der Waals surface area contributed by atoms with Crippen molar-refractivity contribution in [1.82, 2.24) is 5.32 Å². The molecule has 0 radical (unpaired) electrons. The fourth-order valence-corrected chi connectivity index (χ4v) is 0.852. The van der Waals surface area contributed by atoms with E-state index in [0.717, 1.165) is 6.42 Å². The number of carbonyl (C=O) groups is 1. The van der Waals surface area contributed by atoms with Crippen molar-refractivity contribution in [1.29, 1.82) is 0 Å². The van der Waals surface area contributed by atoms with Gasteiger partial charge in [-0.2, -0.15) is 0 Å². The van der Waals surface area contributed by atoms with E-state index in [0.29, 0.717) is 12.5 Å². The third-order valence-electron chi connectivity index (χ3n) is 1.33. The predicted octanol–water partition coefficient (Wildman–Crippen LogP) is 1.15. The molecular weight excluding hydrogens is 146 g/mol. The Morgan fingerprint density at radius 3 is 2.70 bits per heavy atom. The van der Waals surface area contributed by atoms with Crippen LogP contribution in [-0.2, 0) is 4.79 Å². The summed E-state index contributed by atoms with van der Waals surface area (Å²) < 4.78 is 0. The Morgan fingerprint density at radius 2 is 2.40 bits per heavy atom. The normalized spacial score (nSPS) is 12.2. The first-order chi connectivity index (χ1) is 4.70. The molecule has 0 aromatic carbocycles. The molecule has 0 saturated carbocycles. The Morgan fingerprint density at radius 1 is 1.80 bits per heavy atom. The van der Waals surface area contributed by atoms with Crippen LogP contribution in [0, 0.1) is 5.92 Å². The van der Waals surface area contributed by atoms with Crippen molar-refractivity contribution >= 4 is 23.5 Å². The Balaban J connectivity index is 3.44. The molecule has 0 heterocycles. The number of hydrogen-bond donors (Lipinski definition) is 1. The molecule has 0 rings (SSSR count). The summed E-state index contributed by atoms with van der Waals surface area (Å²) in [5.41, 5.74) is 0. The predicted molar refractivity (Wildman–Crippen MR) is 46.1 cm³/mol. The van der Waals surface area contributed by atoms with E-state index in [1.165, 1.54) is 6.92 Å². The molecule has 1 unspecified atom stereocenters. The molecule has 0 bridgehead atoms. The SMILES string of the molecule is CCC(C=S)CNC(C)=O. The van der Waals surface area contributed by atoms with E-state index in [4.69, 9.17) is 12.2 Å². The second-order valence-corrected chi connectivity index (χ2v) is 2.51. The van der Waals surface area contributed by atoms with Crippen molar-refractivity contribution in [3.63, 3.8) is 0 Å². The van der Waals surface area contributed by atoms with E-state index in [2.05, 4.69) is 12.2 Å². The molecule has 0 saturated heterocycles. The zero-order chi connectivity index (χ0) is 7.98. The smallest absolute Gasteiger partial charge is 0.216 e. The summed E-state index contributed by atoms with van der Waals surface area (Å²) in [6.07, 6.45) is 0.990. The third kappa shape index (κ3) is 4.44. The summed E-state index contributed by atoms with van der Waals surface area (Å²) in [7, 11) is 0. The quantitative estimate of drug-likeness (QED) is 0.623. The maximum Gasteiger partial charge on any atom is 0.216 e. The monoisotopic (exact) mass is 159 g/mol. The van der Waals surface area contributed by atoms with Gasteiger partial charge in [-0.05, 0) is 11.8 Å². The second kappa shape index (κ2) is 5.35. The van der Waals surface area contributed by atoms with Crippen molar-refractivity contribution in [3.05, 3.63) is 0 Å². The van der Waals surface area contributed by atoms with E-state index < -0.39 is 0 Å². The molecule has 10 heavy (non-hydrogen) atoms. The van der Waals surface area contributed by atoms with Crippen LogP contribution in [0.5, 0.6) is 0 Å². The molecule has 1 atom stereocenters. The molecule has 0 aromatic heterocycles. The lowest BCUT2D eigenvalue weighted by Gasteiger charge is -2.07. The average molecular weight is 159 g/mol. The molecule has 0 aliphatic carbocycles. The standard InChI is InChI=1S/C7H13NOS/c1-3-7(5-10)4-8-6(2)9/h5,7H,3-4H2,1-2H3,(H,8,9). The number of nitrogens with one attached hydrogen (secondary N) is 1. The lowest BCUT2D eigenvalue weighted by molar-refractivity contribution is -0.119. The fraction of sp³-hybridized carbons (Fsp3) is 0.714. The highest BCUT2D eigenvalue weighted by Crippen LogP contribution is 1.95. The van der Waals surface area contributed by atoms with Crippen molar-refractivity contribution in [2.45, 2.75) is 20.3 Å². The van der Waals surface area contributed by atoms with Gasteiger partial charge in [-0.25, -0.2) is 0 Å². The third-order valence-corrected chi connectivity index (χ3v) is 1.71. The van der Waals surface area contributed by atoms with Gasteiger partial charge in [0, 0.05) is 19.4 Å². The van der Waals surface area contributed by atoms with Crippen LogP contribution >= 0.6 is 12.2 Å². The van der Waals surface area contributed by atoms with E-state index in [-0.39, 0.29) is 5.91 Å². The molecule has 58 valence electrons. The summed E-state index contributed by atoms with van der Waals surface area (Å²) in [5.74, 6) is 0.356. The Labute approximate surface area is 67.0 Å². The lowest BCUT2D eigenvalue weighted by atomic mass is 10.1. The Hall–Kier alpha value is -0.440. The van der Waals surface area contributed by atoms with Gasteiger partial charge in [0.2, 0.25) is 5.91 Å². The maximum atomic E-state index is 10.4. The van der Waals surface area contributed by atoms with Crippen LogP contribution in [0.4, 0.5) is 0 Å². The first-order valence-electron chi connectivity index (χ1n) is 3.40. The number of rotatable bonds is 4. The first-order valence-corrected chi connectivity index (χ1v) is 3.87. The molecule has 1 amide bonds. The lowest BCUT2D eigenvalue weighted by Crippen LogP contribution is -2.26. The van der Waals surface area contributed by atoms with Crippen molar-refractivity contribution < 1.29 is 4.79 Å². The Kier molecular flexibility index (Phi) is 5.12. The van der Waals surface area contributed by atoms with Crippen molar-refractivity contribution in [3.8, 4) is 0 Å². The van der Waals surface area contributed by atoms with Gasteiger partial charge < -0.3 is 5.32 Å². The molecule has 1 N–H and O–H groups in total. The summed E-state index contributed by atoms with van der Waals surface area (Å²) in [4.78, 5) is 10.4. The van der Waals surface area contributed by atoms with Gasteiger partial charge in [-0.3, -0.25) is 4.79 Å². The zero-order valence-corrected chi connectivity index (χ0v) is 7.20. The highest BCUT2D eigenvalue weighted by molar-refractivity contribution is 7.79. The number of carbonyl (C=O) groups excluding carboxylic acids is 1. The molecular formula is C7H13NOS. The fourth-order valence-electron chi connectivity index (χ4n) is 0.563. The molecule has 0 aliphatic heterocycles. The van der Waals surface area contributed by atoms with Crippen LogP contribution in [0.2, 0.25) is 0 Å². The van der Waals surface area contributed by atoms with Gasteiger partial charge in [-0.1, -0.05) is 19.1 Å². The number of thiocarbonyl (C=S) groups is 1. The van der Waals surface area contributed by atoms with Gasteiger partial charge in [0.25, 0.3) is 0 Å². The molecule has 0 spiro atoms. The average Bonchev–Trinajstić information content (AvgIpc) is 1.90. The minimum Gasteiger partial charge on any atom is -0.356 e. The maximum absolute atomic E-state index is 10.4. The molecule has 3 heteroatoms. The van der Waals surface area contributed by atoms with Crippen LogP contribution < -0.4 is 5.32 Å². The van der Waals surface area contributed by atoms with Crippen LogP contribution in [-0.4, -0.2) is 17.8 Å².